The molecule has 1 aromatic heterocycles. The Morgan fingerprint density at radius 3 is 2.51 bits per heavy atom. The van der Waals surface area contributed by atoms with Crippen molar-refractivity contribution in [2.75, 3.05) is 11.1 Å². The number of ketones is 1. The van der Waals surface area contributed by atoms with E-state index >= 15 is 0 Å². The highest BCUT2D eigenvalue weighted by Gasteiger charge is 2.42. The molecule has 0 fully saturated rings. The van der Waals surface area contributed by atoms with Gasteiger partial charge in [0.25, 0.3) is 5.56 Å². The van der Waals surface area contributed by atoms with Gasteiger partial charge in [-0.2, -0.15) is 0 Å². The number of anilines is 1. The first kappa shape index (κ1) is 23.4. The second-order valence-electron chi connectivity index (χ2n) is 9.80. The van der Waals surface area contributed by atoms with Crippen molar-refractivity contribution in [2.24, 2.45) is 5.41 Å². The predicted molar refractivity (Wildman–Crippen MR) is 139 cm³/mol. The fourth-order valence-electron chi connectivity index (χ4n) is 4.93. The third-order valence-corrected chi connectivity index (χ3v) is 7.20. The topological polar surface area (TPSA) is 84.1 Å². The van der Waals surface area contributed by atoms with E-state index in [9.17, 15) is 9.59 Å². The molecule has 0 unspecified atom stereocenters. The van der Waals surface area contributed by atoms with Crippen LogP contribution >= 0.6 is 11.8 Å². The number of Topliss-reactive ketones (excluding diaryl/α,β-unsaturated/α-hetero) is 1. The predicted octanol–water partition coefficient (Wildman–Crippen LogP) is 5.66. The zero-order chi connectivity index (χ0) is 24.6. The van der Waals surface area contributed by atoms with Gasteiger partial charge in [0.05, 0.1) is 5.56 Å². The van der Waals surface area contributed by atoms with Crippen LogP contribution in [0.5, 0.6) is 5.75 Å². The first-order chi connectivity index (χ1) is 16.8. The number of ether oxygens (including phenoxy) is 1. The molecule has 2 aliphatic rings. The number of carbonyl (C=O) groups excluding carboxylic acids is 1. The van der Waals surface area contributed by atoms with E-state index in [2.05, 4.69) is 24.1 Å². The van der Waals surface area contributed by atoms with Crippen molar-refractivity contribution in [2.45, 2.75) is 51.3 Å². The molecule has 6 nitrogen and oxygen atoms in total. The summed E-state index contributed by atoms with van der Waals surface area (Å²) < 4.78 is 5.95. The standard InChI is InChI=1S/C28H29N3O3S/c1-4-35-27-30-25-24(26(33)31-27)22(23-20(29-25)14-28(2,3)15-21(23)32)18-10-12-19(13-11-18)34-16-17-8-6-5-7-9-17/h5-13,22H,4,14-16H2,1-3H3,(H2,29,30,31,33)/t22-/m1/s1. The molecule has 1 atom stereocenters. The van der Waals surface area contributed by atoms with Crippen molar-refractivity contribution >= 4 is 23.4 Å². The molecule has 0 radical (unpaired) electrons. The van der Waals surface area contributed by atoms with Crippen molar-refractivity contribution in [3.8, 4) is 5.75 Å². The zero-order valence-electron chi connectivity index (χ0n) is 20.2. The molecule has 2 N–H and O–H groups in total. The Hall–Kier alpha value is -3.32. The molecule has 35 heavy (non-hydrogen) atoms. The van der Waals surface area contributed by atoms with Crippen LogP contribution in [0.15, 0.2) is 75.8 Å². The molecule has 0 saturated heterocycles. The number of allylic oxidation sites excluding steroid dienone is 2. The van der Waals surface area contributed by atoms with Gasteiger partial charge in [0.1, 0.15) is 18.2 Å². The summed E-state index contributed by atoms with van der Waals surface area (Å²) >= 11 is 1.49. The van der Waals surface area contributed by atoms with Crippen LogP contribution in [-0.2, 0) is 11.4 Å². The molecule has 2 heterocycles. The van der Waals surface area contributed by atoms with Crippen LogP contribution < -0.4 is 15.6 Å². The van der Waals surface area contributed by atoms with Crippen molar-refractivity contribution < 1.29 is 9.53 Å². The number of nitrogens with zero attached hydrogens (tertiary/aromatic N) is 1. The highest BCUT2D eigenvalue weighted by Crippen LogP contribution is 2.47. The molecule has 1 aliphatic heterocycles. The zero-order valence-corrected chi connectivity index (χ0v) is 21.0. The lowest BCUT2D eigenvalue weighted by atomic mass is 9.69. The number of thioether (sulfide) groups is 1. The van der Waals surface area contributed by atoms with Crippen LogP contribution in [0.25, 0.3) is 0 Å². The largest absolute Gasteiger partial charge is 0.489 e. The SMILES string of the molecule is CCSc1nc2c(c(=O)[nH]1)[C@H](c1ccc(OCc3ccccc3)cc1)C1=C(CC(C)(C)CC1=O)N2. The first-order valence-electron chi connectivity index (χ1n) is 11.9. The number of nitrogens with one attached hydrogen (secondary N) is 2. The Morgan fingerprint density at radius 2 is 1.80 bits per heavy atom. The van der Waals surface area contributed by atoms with Crippen molar-refractivity contribution in [3.63, 3.8) is 0 Å². The first-order valence-corrected chi connectivity index (χ1v) is 12.9. The summed E-state index contributed by atoms with van der Waals surface area (Å²) in [5, 5.41) is 3.94. The minimum atomic E-state index is -0.468. The number of aromatic nitrogens is 2. The number of aromatic amines is 1. The molecular weight excluding hydrogens is 458 g/mol. The number of carbonyl (C=O) groups is 1. The van der Waals surface area contributed by atoms with Gasteiger partial charge in [-0.1, -0.05) is 75.0 Å². The number of hydrogen-bond acceptors (Lipinski definition) is 6. The average molecular weight is 488 g/mol. The van der Waals surface area contributed by atoms with E-state index < -0.39 is 5.92 Å². The van der Waals surface area contributed by atoms with Crippen LogP contribution in [0.3, 0.4) is 0 Å². The van der Waals surface area contributed by atoms with Gasteiger partial charge in [-0.25, -0.2) is 4.98 Å². The summed E-state index contributed by atoms with van der Waals surface area (Å²) in [4.78, 5) is 34.3. The van der Waals surface area contributed by atoms with Crippen molar-refractivity contribution in [3.05, 3.63) is 92.9 Å². The Labute approximate surface area is 209 Å². The van der Waals surface area contributed by atoms with Crippen LogP contribution in [0.1, 0.15) is 56.2 Å². The summed E-state index contributed by atoms with van der Waals surface area (Å²) in [5.41, 5.74) is 3.65. The van der Waals surface area contributed by atoms with Crippen LogP contribution in [0, 0.1) is 5.41 Å². The third kappa shape index (κ3) is 4.78. The summed E-state index contributed by atoms with van der Waals surface area (Å²) in [7, 11) is 0. The van der Waals surface area contributed by atoms with E-state index in [1.165, 1.54) is 11.8 Å². The molecule has 5 rings (SSSR count). The highest BCUT2D eigenvalue weighted by atomic mass is 32.2. The van der Waals surface area contributed by atoms with Gasteiger partial charge in [0.15, 0.2) is 10.9 Å². The smallest absolute Gasteiger partial charge is 0.257 e. The fraction of sp³-hybridized carbons (Fsp3) is 0.321. The van der Waals surface area contributed by atoms with Gasteiger partial charge in [-0.3, -0.25) is 9.59 Å². The minimum absolute atomic E-state index is 0.0789. The average Bonchev–Trinajstić information content (AvgIpc) is 2.82. The molecular formula is C28H29N3O3S. The van der Waals surface area contributed by atoms with E-state index in [0.29, 0.717) is 35.1 Å². The summed E-state index contributed by atoms with van der Waals surface area (Å²) in [5.74, 6) is 1.69. The maximum absolute atomic E-state index is 13.4. The van der Waals surface area contributed by atoms with E-state index in [0.717, 1.165) is 34.7 Å². The normalized spacial score (nSPS) is 18.5. The van der Waals surface area contributed by atoms with Gasteiger partial charge in [0, 0.05) is 23.6 Å². The Morgan fingerprint density at radius 1 is 1.06 bits per heavy atom. The summed E-state index contributed by atoms with van der Waals surface area (Å²) in [6, 6.07) is 17.7. The summed E-state index contributed by atoms with van der Waals surface area (Å²) in [6.45, 7) is 6.69. The Kier molecular flexibility index (Phi) is 6.28. The Balaban J connectivity index is 1.53. The van der Waals surface area contributed by atoms with Crippen LogP contribution in [0.4, 0.5) is 5.82 Å². The lowest BCUT2D eigenvalue weighted by Crippen LogP contribution is -2.37. The quantitative estimate of drug-likeness (QED) is 0.345. The van der Waals surface area contributed by atoms with Crippen LogP contribution in [-0.4, -0.2) is 21.5 Å². The van der Waals surface area contributed by atoms with Gasteiger partial charge < -0.3 is 15.0 Å². The lowest BCUT2D eigenvalue weighted by molar-refractivity contribution is -0.118. The van der Waals surface area contributed by atoms with E-state index in [1.54, 1.807) is 0 Å². The summed E-state index contributed by atoms with van der Waals surface area (Å²) in [6.07, 6.45) is 1.18. The number of benzene rings is 2. The number of H-pyrrole nitrogens is 1. The van der Waals surface area contributed by atoms with E-state index in [-0.39, 0.29) is 16.8 Å². The molecule has 1 aliphatic carbocycles. The molecule has 0 saturated carbocycles. The highest BCUT2D eigenvalue weighted by molar-refractivity contribution is 7.99. The van der Waals surface area contributed by atoms with Gasteiger partial charge in [-0.15, -0.1) is 0 Å². The van der Waals surface area contributed by atoms with Crippen molar-refractivity contribution in [1.82, 2.24) is 9.97 Å². The van der Waals surface area contributed by atoms with Crippen LogP contribution in [0.2, 0.25) is 0 Å². The molecule has 7 heteroatoms. The second-order valence-corrected chi connectivity index (χ2v) is 11.1. The Bertz CT molecular complexity index is 1340. The fourth-order valence-corrected chi connectivity index (χ4v) is 5.52. The monoisotopic (exact) mass is 487 g/mol. The molecule has 180 valence electrons. The molecule has 0 bridgehead atoms. The van der Waals surface area contributed by atoms with Gasteiger partial charge >= 0.3 is 0 Å². The molecule has 0 spiro atoms. The van der Waals surface area contributed by atoms with Gasteiger partial charge in [0.2, 0.25) is 0 Å². The number of rotatable bonds is 6. The number of fused-ring (bicyclic) bond motifs is 1. The number of hydrogen-bond donors (Lipinski definition) is 2. The van der Waals surface area contributed by atoms with Gasteiger partial charge in [-0.05, 0) is 40.8 Å². The van der Waals surface area contributed by atoms with Crippen molar-refractivity contribution in [1.29, 1.82) is 0 Å². The molecule has 0 amide bonds. The third-order valence-electron chi connectivity index (χ3n) is 6.44. The maximum atomic E-state index is 13.4. The molecule has 2 aromatic carbocycles. The minimum Gasteiger partial charge on any atom is -0.489 e. The maximum Gasteiger partial charge on any atom is 0.257 e. The van der Waals surface area contributed by atoms with E-state index in [4.69, 9.17) is 9.72 Å². The lowest BCUT2D eigenvalue weighted by Gasteiger charge is -2.38. The second kappa shape index (κ2) is 9.38. The molecule has 3 aromatic rings. The van der Waals surface area contributed by atoms with E-state index in [1.807, 2.05) is 61.5 Å².